The fourth-order valence-corrected chi connectivity index (χ4v) is 3.07. The van der Waals surface area contributed by atoms with Gasteiger partial charge < -0.3 is 9.30 Å². The Bertz CT molecular complexity index is 909. The van der Waals surface area contributed by atoms with Crippen LogP contribution >= 0.6 is 0 Å². The Labute approximate surface area is 157 Å². The molecule has 0 aliphatic rings. The molecule has 0 spiro atoms. The Kier molecular flexibility index (Phi) is 6.28. The van der Waals surface area contributed by atoms with Crippen LogP contribution < -0.4 is 0 Å². The molecule has 2 aromatic rings. The first-order chi connectivity index (χ1) is 12.7. The van der Waals surface area contributed by atoms with E-state index < -0.39 is 10.9 Å². The van der Waals surface area contributed by atoms with E-state index in [9.17, 15) is 19.7 Å². The average molecular weight is 370 g/mol. The van der Waals surface area contributed by atoms with Gasteiger partial charge in [0, 0.05) is 35.1 Å². The lowest BCUT2D eigenvalue weighted by Gasteiger charge is -2.13. The number of hydrogen-bond acceptors (Lipinski definition) is 5. The summed E-state index contributed by atoms with van der Waals surface area (Å²) in [4.78, 5) is 34.7. The molecular formula is C20H22N2O5. The van der Waals surface area contributed by atoms with Crippen LogP contribution in [0.2, 0.25) is 0 Å². The third-order valence-corrected chi connectivity index (χ3v) is 4.18. The molecular weight excluding hydrogens is 348 g/mol. The number of aryl methyl sites for hydroxylation is 1. The number of ketones is 1. The number of aromatic nitrogens is 1. The molecule has 27 heavy (non-hydrogen) atoms. The molecule has 0 radical (unpaired) electrons. The van der Waals surface area contributed by atoms with Crippen molar-refractivity contribution in [3.8, 4) is 0 Å². The number of hydrogen-bond donors (Lipinski definition) is 0. The highest BCUT2D eigenvalue weighted by Crippen LogP contribution is 2.21. The number of esters is 1. The van der Waals surface area contributed by atoms with Gasteiger partial charge in [-0.15, -0.1) is 0 Å². The minimum absolute atomic E-state index is 0.112. The maximum absolute atomic E-state index is 12.4. The zero-order valence-corrected chi connectivity index (χ0v) is 15.8. The van der Waals surface area contributed by atoms with E-state index in [1.54, 1.807) is 18.2 Å². The van der Waals surface area contributed by atoms with Crippen LogP contribution in [-0.2, 0) is 9.53 Å². The molecule has 0 aliphatic carbocycles. The van der Waals surface area contributed by atoms with Crippen molar-refractivity contribution < 1.29 is 19.2 Å². The number of benzene rings is 1. The topological polar surface area (TPSA) is 91.4 Å². The fraction of sp³-hybridized carbons (Fsp3) is 0.300. The predicted molar refractivity (Wildman–Crippen MR) is 102 cm³/mol. The molecule has 1 aromatic carbocycles. The second kappa shape index (κ2) is 8.44. The van der Waals surface area contributed by atoms with Crippen LogP contribution in [0.25, 0.3) is 6.08 Å². The normalized spacial score (nSPS) is 11.1. The molecule has 2 rings (SSSR count). The van der Waals surface area contributed by atoms with Crippen molar-refractivity contribution in [1.82, 2.24) is 4.57 Å². The summed E-state index contributed by atoms with van der Waals surface area (Å²) in [6.07, 6.45) is 2.38. The lowest BCUT2D eigenvalue weighted by molar-refractivity contribution is -0.385. The van der Waals surface area contributed by atoms with Crippen LogP contribution in [0.3, 0.4) is 0 Å². The zero-order chi connectivity index (χ0) is 20.1. The Morgan fingerprint density at radius 3 is 2.52 bits per heavy atom. The lowest BCUT2D eigenvalue weighted by atomic mass is 10.1. The van der Waals surface area contributed by atoms with Gasteiger partial charge in [-0.25, -0.2) is 4.79 Å². The highest BCUT2D eigenvalue weighted by Gasteiger charge is 2.18. The number of Topliss-reactive ketones (excluding diaryl/α,β-unsaturated/α-hetero) is 1. The average Bonchev–Trinajstić information content (AvgIpc) is 2.92. The van der Waals surface area contributed by atoms with E-state index in [1.165, 1.54) is 18.2 Å². The Morgan fingerprint density at radius 1 is 1.26 bits per heavy atom. The first-order valence-electron chi connectivity index (χ1n) is 8.52. The van der Waals surface area contributed by atoms with Crippen molar-refractivity contribution in [2.75, 3.05) is 6.61 Å². The molecule has 0 bridgehead atoms. The molecule has 1 aromatic heterocycles. The summed E-state index contributed by atoms with van der Waals surface area (Å²) in [5.74, 6) is -1.03. The van der Waals surface area contributed by atoms with E-state index >= 15 is 0 Å². The largest absolute Gasteiger partial charge is 0.454 e. The van der Waals surface area contributed by atoms with Crippen molar-refractivity contribution in [3.05, 3.63) is 69.0 Å². The first-order valence-corrected chi connectivity index (χ1v) is 8.52. The predicted octanol–water partition coefficient (Wildman–Crippen LogP) is 4.03. The number of nitrogens with zero attached hydrogens (tertiary/aromatic N) is 2. The summed E-state index contributed by atoms with van der Waals surface area (Å²) >= 11 is 0. The van der Waals surface area contributed by atoms with E-state index in [0.29, 0.717) is 5.56 Å². The van der Waals surface area contributed by atoms with Gasteiger partial charge in [0.25, 0.3) is 5.69 Å². The summed E-state index contributed by atoms with van der Waals surface area (Å²) in [6, 6.07) is 8.05. The molecule has 0 unspecified atom stereocenters. The fourth-order valence-electron chi connectivity index (χ4n) is 3.07. The van der Waals surface area contributed by atoms with Gasteiger partial charge >= 0.3 is 5.97 Å². The lowest BCUT2D eigenvalue weighted by Crippen LogP contribution is -2.14. The highest BCUT2D eigenvalue weighted by atomic mass is 16.6. The van der Waals surface area contributed by atoms with Crippen molar-refractivity contribution in [1.29, 1.82) is 0 Å². The van der Waals surface area contributed by atoms with E-state index in [2.05, 4.69) is 0 Å². The summed E-state index contributed by atoms with van der Waals surface area (Å²) in [5.41, 5.74) is 2.49. The first kappa shape index (κ1) is 20.1. The summed E-state index contributed by atoms with van der Waals surface area (Å²) < 4.78 is 7.04. The Morgan fingerprint density at radius 2 is 1.93 bits per heavy atom. The van der Waals surface area contributed by atoms with Gasteiger partial charge in [0.1, 0.15) is 0 Å². The molecule has 0 atom stereocenters. The van der Waals surface area contributed by atoms with E-state index in [0.717, 1.165) is 17.5 Å². The number of nitro benzene ring substituents is 1. The van der Waals surface area contributed by atoms with Gasteiger partial charge in [0.15, 0.2) is 6.61 Å². The quantitative estimate of drug-likeness (QED) is 0.241. The molecule has 7 heteroatoms. The van der Waals surface area contributed by atoms with E-state index in [1.807, 2.05) is 32.3 Å². The van der Waals surface area contributed by atoms with Gasteiger partial charge in [-0.2, -0.15) is 0 Å². The molecule has 0 fully saturated rings. The smallest absolute Gasteiger partial charge is 0.331 e. The standard InChI is InChI=1S/C20H22N2O5/c1-13(2)21-14(3)11-17(15(21)4)19(23)12-27-20(24)10-9-16-7-5-6-8-18(16)22(25)26/h5-11,13H,12H2,1-4H3/b10-9+. The number of carbonyl (C=O) groups is 2. The third kappa shape index (κ3) is 4.69. The van der Waals surface area contributed by atoms with Crippen molar-refractivity contribution in [2.24, 2.45) is 0 Å². The SMILES string of the molecule is Cc1cc(C(=O)COC(=O)/C=C/c2ccccc2[N+](=O)[O-])c(C)n1C(C)C. The summed E-state index contributed by atoms with van der Waals surface area (Å²) in [7, 11) is 0. The van der Waals surface area contributed by atoms with Crippen LogP contribution in [0.15, 0.2) is 36.4 Å². The van der Waals surface area contributed by atoms with Gasteiger partial charge in [-0.05, 0) is 45.9 Å². The molecule has 1 heterocycles. The van der Waals surface area contributed by atoms with Crippen LogP contribution in [0, 0.1) is 24.0 Å². The van der Waals surface area contributed by atoms with Gasteiger partial charge in [-0.1, -0.05) is 12.1 Å². The maximum atomic E-state index is 12.4. The van der Waals surface area contributed by atoms with Crippen molar-refractivity contribution in [2.45, 2.75) is 33.7 Å². The molecule has 0 saturated heterocycles. The number of nitro groups is 1. The summed E-state index contributed by atoms with van der Waals surface area (Å²) in [6.45, 7) is 7.45. The van der Waals surface area contributed by atoms with Crippen LogP contribution in [0.5, 0.6) is 0 Å². The second-order valence-corrected chi connectivity index (χ2v) is 6.43. The Balaban J connectivity index is 2.03. The third-order valence-electron chi connectivity index (χ3n) is 4.18. The van der Waals surface area contributed by atoms with Crippen molar-refractivity contribution in [3.63, 3.8) is 0 Å². The molecule has 7 nitrogen and oxygen atoms in total. The minimum atomic E-state index is -0.737. The molecule has 0 aliphatic heterocycles. The molecule has 0 amide bonds. The number of carbonyl (C=O) groups excluding carboxylic acids is 2. The monoisotopic (exact) mass is 370 g/mol. The molecule has 0 N–H and O–H groups in total. The van der Waals surface area contributed by atoms with Crippen molar-refractivity contribution >= 4 is 23.5 Å². The van der Waals surface area contributed by atoms with Crippen LogP contribution in [-0.4, -0.2) is 27.8 Å². The zero-order valence-electron chi connectivity index (χ0n) is 15.8. The summed E-state index contributed by atoms with van der Waals surface area (Å²) in [5, 5.41) is 11.0. The Hall–Kier alpha value is -3.22. The maximum Gasteiger partial charge on any atom is 0.331 e. The number of rotatable bonds is 7. The molecule has 0 saturated carbocycles. The van der Waals surface area contributed by atoms with Gasteiger partial charge in [0.05, 0.1) is 10.5 Å². The number of para-hydroxylation sites is 1. The second-order valence-electron chi connectivity index (χ2n) is 6.43. The molecule has 142 valence electrons. The van der Waals surface area contributed by atoms with Gasteiger partial charge in [0.2, 0.25) is 5.78 Å². The van der Waals surface area contributed by atoms with E-state index in [4.69, 9.17) is 4.74 Å². The van der Waals surface area contributed by atoms with Gasteiger partial charge in [-0.3, -0.25) is 14.9 Å². The van der Waals surface area contributed by atoms with Crippen LogP contribution in [0.4, 0.5) is 5.69 Å². The minimum Gasteiger partial charge on any atom is -0.454 e. The highest BCUT2D eigenvalue weighted by molar-refractivity contribution is 6.00. The number of ether oxygens (including phenoxy) is 1. The van der Waals surface area contributed by atoms with E-state index in [-0.39, 0.29) is 29.7 Å². The van der Waals surface area contributed by atoms with Crippen LogP contribution in [0.1, 0.15) is 47.2 Å².